The highest BCUT2D eigenvalue weighted by atomic mass is 19.1. The van der Waals surface area contributed by atoms with Crippen molar-refractivity contribution in [3.05, 3.63) is 35.6 Å². The van der Waals surface area contributed by atoms with Crippen LogP contribution in [0, 0.1) is 11.7 Å². The molecule has 0 aliphatic carbocycles. The van der Waals surface area contributed by atoms with Gasteiger partial charge in [-0.3, -0.25) is 0 Å². The molecule has 0 amide bonds. The second-order valence-corrected chi connectivity index (χ2v) is 4.19. The van der Waals surface area contributed by atoms with Gasteiger partial charge in [0.2, 0.25) is 0 Å². The van der Waals surface area contributed by atoms with Crippen LogP contribution in [-0.2, 0) is 0 Å². The first-order valence-corrected chi connectivity index (χ1v) is 6.40. The number of hydrogen-bond donors (Lipinski definition) is 0. The molecular formula is C15H25F. The van der Waals surface area contributed by atoms with Crippen molar-refractivity contribution < 1.29 is 4.39 Å². The van der Waals surface area contributed by atoms with Gasteiger partial charge in [-0.15, -0.1) is 0 Å². The smallest absolute Gasteiger partial charge is 0.123 e. The Balaban J connectivity index is 0.00000106. The lowest BCUT2D eigenvalue weighted by atomic mass is 9.85. The van der Waals surface area contributed by atoms with Crippen molar-refractivity contribution in [2.45, 2.75) is 53.4 Å². The fourth-order valence-corrected chi connectivity index (χ4v) is 1.91. The summed E-state index contributed by atoms with van der Waals surface area (Å²) in [6.45, 7) is 10.6. The lowest BCUT2D eigenvalue weighted by Crippen LogP contribution is -2.06. The van der Waals surface area contributed by atoms with E-state index < -0.39 is 0 Å². The monoisotopic (exact) mass is 224 g/mol. The van der Waals surface area contributed by atoms with Crippen molar-refractivity contribution in [3.8, 4) is 0 Å². The first kappa shape index (κ1) is 15.2. The van der Waals surface area contributed by atoms with Crippen LogP contribution in [0.4, 0.5) is 4.39 Å². The minimum absolute atomic E-state index is 0.146. The summed E-state index contributed by atoms with van der Waals surface area (Å²) >= 11 is 0. The van der Waals surface area contributed by atoms with Gasteiger partial charge in [-0.25, -0.2) is 4.39 Å². The van der Waals surface area contributed by atoms with Crippen molar-refractivity contribution in [2.75, 3.05) is 0 Å². The molecule has 0 bridgehead atoms. The first-order valence-electron chi connectivity index (χ1n) is 6.40. The molecule has 0 heterocycles. The quantitative estimate of drug-likeness (QED) is 0.643. The maximum atomic E-state index is 12.7. The maximum Gasteiger partial charge on any atom is 0.123 e. The van der Waals surface area contributed by atoms with Gasteiger partial charge in [0, 0.05) is 0 Å². The van der Waals surface area contributed by atoms with Gasteiger partial charge in [-0.05, 0) is 36.0 Å². The van der Waals surface area contributed by atoms with Gasteiger partial charge >= 0.3 is 0 Å². The van der Waals surface area contributed by atoms with E-state index in [0.29, 0.717) is 11.8 Å². The highest BCUT2D eigenvalue weighted by Crippen LogP contribution is 2.28. The molecule has 1 heteroatoms. The molecule has 92 valence electrons. The van der Waals surface area contributed by atoms with Crippen molar-refractivity contribution in [1.82, 2.24) is 0 Å². The zero-order chi connectivity index (χ0) is 12.6. The van der Waals surface area contributed by atoms with Crippen LogP contribution in [0.1, 0.15) is 58.9 Å². The van der Waals surface area contributed by atoms with Gasteiger partial charge in [-0.1, -0.05) is 53.2 Å². The van der Waals surface area contributed by atoms with E-state index in [-0.39, 0.29) is 5.82 Å². The molecule has 0 aliphatic rings. The predicted octanol–water partition coefficient (Wildman–Crippen LogP) is 5.39. The third-order valence-electron chi connectivity index (χ3n) is 2.70. The molecule has 0 fully saturated rings. The van der Waals surface area contributed by atoms with Crippen LogP contribution in [0.5, 0.6) is 0 Å². The molecule has 1 aromatic rings. The van der Waals surface area contributed by atoms with Crippen molar-refractivity contribution >= 4 is 0 Å². The minimum Gasteiger partial charge on any atom is -0.207 e. The highest BCUT2D eigenvalue weighted by Gasteiger charge is 2.14. The number of halogens is 1. The zero-order valence-electron chi connectivity index (χ0n) is 11.3. The fraction of sp³-hybridized carbons (Fsp3) is 0.600. The second kappa shape index (κ2) is 8.32. The Morgan fingerprint density at radius 2 is 1.56 bits per heavy atom. The van der Waals surface area contributed by atoms with E-state index in [9.17, 15) is 4.39 Å². The Kier molecular flexibility index (Phi) is 7.88. The molecule has 0 radical (unpaired) electrons. The molecule has 1 atom stereocenters. The summed E-state index contributed by atoms with van der Waals surface area (Å²) in [6.07, 6.45) is 2.36. The summed E-state index contributed by atoms with van der Waals surface area (Å²) in [4.78, 5) is 0. The Bertz CT molecular complexity index is 261. The lowest BCUT2D eigenvalue weighted by molar-refractivity contribution is 0.462. The standard InChI is InChI=1S/C13H19F.C2H6/c1-4-5-13(10(2)3)11-6-8-12(14)9-7-11;1-2/h6-10,13H,4-5H2,1-3H3;1-2H3. The van der Waals surface area contributed by atoms with Crippen LogP contribution < -0.4 is 0 Å². The predicted molar refractivity (Wildman–Crippen MR) is 70.2 cm³/mol. The SMILES string of the molecule is CC.CCCC(c1ccc(F)cc1)C(C)C. The Morgan fingerprint density at radius 1 is 1.06 bits per heavy atom. The summed E-state index contributed by atoms with van der Waals surface area (Å²) in [5, 5.41) is 0. The normalized spacial score (nSPS) is 11.9. The summed E-state index contributed by atoms with van der Waals surface area (Å²) in [5.74, 6) is 1.05. The third kappa shape index (κ3) is 4.78. The molecule has 0 aliphatic heterocycles. The molecule has 0 N–H and O–H groups in total. The van der Waals surface area contributed by atoms with Crippen LogP contribution in [0.25, 0.3) is 0 Å². The van der Waals surface area contributed by atoms with Gasteiger partial charge in [-0.2, -0.15) is 0 Å². The molecule has 16 heavy (non-hydrogen) atoms. The lowest BCUT2D eigenvalue weighted by Gasteiger charge is -2.20. The summed E-state index contributed by atoms with van der Waals surface area (Å²) in [5.41, 5.74) is 1.27. The van der Waals surface area contributed by atoms with Gasteiger partial charge in [0.15, 0.2) is 0 Å². The second-order valence-electron chi connectivity index (χ2n) is 4.19. The van der Waals surface area contributed by atoms with Crippen LogP contribution in [-0.4, -0.2) is 0 Å². The Labute approximate surface area is 99.9 Å². The number of hydrogen-bond acceptors (Lipinski definition) is 0. The number of rotatable bonds is 4. The summed E-state index contributed by atoms with van der Waals surface area (Å²) in [7, 11) is 0. The maximum absolute atomic E-state index is 12.7. The molecule has 0 nitrogen and oxygen atoms in total. The molecule has 1 aromatic carbocycles. The average molecular weight is 224 g/mol. The van der Waals surface area contributed by atoms with E-state index in [1.54, 1.807) is 12.1 Å². The molecule has 0 spiro atoms. The minimum atomic E-state index is -0.146. The van der Waals surface area contributed by atoms with E-state index in [2.05, 4.69) is 20.8 Å². The van der Waals surface area contributed by atoms with E-state index in [1.165, 1.54) is 18.4 Å². The van der Waals surface area contributed by atoms with Crippen molar-refractivity contribution in [3.63, 3.8) is 0 Å². The fourth-order valence-electron chi connectivity index (χ4n) is 1.91. The number of benzene rings is 1. The largest absolute Gasteiger partial charge is 0.207 e. The van der Waals surface area contributed by atoms with Crippen LogP contribution >= 0.6 is 0 Å². The highest BCUT2D eigenvalue weighted by molar-refractivity contribution is 5.20. The molecule has 0 saturated heterocycles. The molecular weight excluding hydrogens is 199 g/mol. The van der Waals surface area contributed by atoms with E-state index in [0.717, 1.165) is 0 Å². The molecule has 0 saturated carbocycles. The van der Waals surface area contributed by atoms with Gasteiger partial charge in [0.1, 0.15) is 5.82 Å². The van der Waals surface area contributed by atoms with Gasteiger partial charge in [0.05, 0.1) is 0 Å². The van der Waals surface area contributed by atoms with Crippen LogP contribution in [0.3, 0.4) is 0 Å². The summed E-state index contributed by atoms with van der Waals surface area (Å²) in [6, 6.07) is 6.94. The molecule has 1 rings (SSSR count). The first-order chi connectivity index (χ1) is 7.65. The summed E-state index contributed by atoms with van der Waals surface area (Å²) < 4.78 is 12.7. The van der Waals surface area contributed by atoms with E-state index in [4.69, 9.17) is 0 Å². The van der Waals surface area contributed by atoms with Crippen molar-refractivity contribution in [2.24, 2.45) is 5.92 Å². The van der Waals surface area contributed by atoms with Crippen LogP contribution in [0.2, 0.25) is 0 Å². The Hall–Kier alpha value is -0.850. The van der Waals surface area contributed by atoms with E-state index in [1.807, 2.05) is 26.0 Å². The zero-order valence-corrected chi connectivity index (χ0v) is 11.3. The average Bonchev–Trinajstić information content (AvgIpc) is 2.30. The van der Waals surface area contributed by atoms with Crippen LogP contribution in [0.15, 0.2) is 24.3 Å². The van der Waals surface area contributed by atoms with Gasteiger partial charge < -0.3 is 0 Å². The topological polar surface area (TPSA) is 0 Å². The van der Waals surface area contributed by atoms with Gasteiger partial charge in [0.25, 0.3) is 0 Å². The molecule has 1 unspecified atom stereocenters. The van der Waals surface area contributed by atoms with Crippen molar-refractivity contribution in [1.29, 1.82) is 0 Å². The third-order valence-corrected chi connectivity index (χ3v) is 2.70. The Morgan fingerprint density at radius 3 is 1.94 bits per heavy atom. The van der Waals surface area contributed by atoms with E-state index >= 15 is 0 Å². The molecule has 0 aromatic heterocycles.